The molecule has 0 aliphatic carbocycles. The number of carbonyl (C=O) groups is 2. The van der Waals surface area contributed by atoms with Crippen LogP contribution in [-0.4, -0.2) is 54.4 Å². The van der Waals surface area contributed by atoms with Crippen molar-refractivity contribution in [3.8, 4) is 5.75 Å². The molecule has 31 heavy (non-hydrogen) atoms. The maximum atomic E-state index is 12.4. The number of ether oxygens (including phenoxy) is 1. The number of nitrogens with zero attached hydrogens (tertiary/aromatic N) is 3. The lowest BCUT2D eigenvalue weighted by Gasteiger charge is -2.37. The molecule has 9 nitrogen and oxygen atoms in total. The zero-order valence-corrected chi connectivity index (χ0v) is 17.6. The number of amides is 2. The molecule has 2 aromatic rings. The summed E-state index contributed by atoms with van der Waals surface area (Å²) in [5, 5.41) is 13.9. The van der Waals surface area contributed by atoms with Crippen LogP contribution in [0, 0.1) is 16.0 Å². The van der Waals surface area contributed by atoms with E-state index in [9.17, 15) is 19.7 Å². The number of para-hydroxylation sites is 4. The molecular formula is C22H26N4O5. The molecule has 1 aliphatic rings. The molecule has 3 rings (SSSR count). The highest BCUT2D eigenvalue weighted by Gasteiger charge is 2.24. The maximum Gasteiger partial charge on any atom is 0.310 e. The van der Waals surface area contributed by atoms with E-state index in [0.29, 0.717) is 31.9 Å². The predicted octanol–water partition coefficient (Wildman–Crippen LogP) is 2.92. The Labute approximate surface area is 180 Å². The Balaban J connectivity index is 1.62. The number of nitrogens with one attached hydrogen (secondary N) is 1. The molecule has 0 unspecified atom stereocenters. The molecule has 1 saturated heterocycles. The second-order valence-electron chi connectivity index (χ2n) is 7.55. The zero-order chi connectivity index (χ0) is 22.4. The van der Waals surface area contributed by atoms with Gasteiger partial charge >= 0.3 is 5.69 Å². The Morgan fingerprint density at radius 3 is 2.39 bits per heavy atom. The lowest BCUT2D eigenvalue weighted by atomic mass is 10.1. The van der Waals surface area contributed by atoms with Gasteiger partial charge in [0, 0.05) is 38.2 Å². The summed E-state index contributed by atoms with van der Waals surface area (Å²) in [6, 6.07) is 13.3. The standard InChI is InChI=1S/C22H26N4O5/c1-16(2)22(28)25-13-11-24(12-14-25)18-8-4-3-7-17(18)23-21(27)15-31-20-10-6-5-9-19(20)26(29)30/h3-10,16H,11-15H2,1-2H3,(H,23,27). The first kappa shape index (κ1) is 22.1. The number of rotatable bonds is 7. The summed E-state index contributed by atoms with van der Waals surface area (Å²) < 4.78 is 5.37. The average Bonchev–Trinajstić information content (AvgIpc) is 2.77. The topological polar surface area (TPSA) is 105 Å². The minimum Gasteiger partial charge on any atom is -0.477 e. The van der Waals surface area contributed by atoms with Crippen molar-refractivity contribution in [2.45, 2.75) is 13.8 Å². The second kappa shape index (κ2) is 9.92. The smallest absolute Gasteiger partial charge is 0.310 e. The van der Waals surface area contributed by atoms with Gasteiger partial charge in [-0.15, -0.1) is 0 Å². The van der Waals surface area contributed by atoms with E-state index in [2.05, 4.69) is 10.2 Å². The summed E-state index contributed by atoms with van der Waals surface area (Å²) in [6.07, 6.45) is 0. The fraction of sp³-hybridized carbons (Fsp3) is 0.364. The van der Waals surface area contributed by atoms with Crippen LogP contribution in [0.4, 0.5) is 17.1 Å². The van der Waals surface area contributed by atoms with Crippen molar-refractivity contribution in [3.63, 3.8) is 0 Å². The molecule has 0 aromatic heterocycles. The largest absolute Gasteiger partial charge is 0.477 e. The third-order valence-electron chi connectivity index (χ3n) is 5.02. The quantitative estimate of drug-likeness (QED) is 0.539. The Kier molecular flexibility index (Phi) is 7.07. The summed E-state index contributed by atoms with van der Waals surface area (Å²) in [6.45, 7) is 6.02. The predicted molar refractivity (Wildman–Crippen MR) is 117 cm³/mol. The van der Waals surface area contributed by atoms with Gasteiger partial charge in [-0.3, -0.25) is 19.7 Å². The summed E-state index contributed by atoms with van der Waals surface area (Å²) in [5.74, 6) is -0.256. The third-order valence-corrected chi connectivity index (χ3v) is 5.02. The third kappa shape index (κ3) is 5.50. The van der Waals surface area contributed by atoms with E-state index in [1.807, 2.05) is 36.9 Å². The van der Waals surface area contributed by atoms with Crippen LogP contribution in [0.5, 0.6) is 5.75 Å². The summed E-state index contributed by atoms with van der Waals surface area (Å²) in [4.78, 5) is 39.2. The number of piperazine rings is 1. The van der Waals surface area contributed by atoms with Gasteiger partial charge in [0.15, 0.2) is 12.4 Å². The highest BCUT2D eigenvalue weighted by Crippen LogP contribution is 2.28. The lowest BCUT2D eigenvalue weighted by Crippen LogP contribution is -2.50. The van der Waals surface area contributed by atoms with Crippen LogP contribution < -0.4 is 15.0 Å². The van der Waals surface area contributed by atoms with Crippen molar-refractivity contribution < 1.29 is 19.2 Å². The molecule has 0 radical (unpaired) electrons. The van der Waals surface area contributed by atoms with Crippen LogP contribution >= 0.6 is 0 Å². The molecule has 1 heterocycles. The first-order chi connectivity index (χ1) is 14.9. The van der Waals surface area contributed by atoms with Crippen molar-refractivity contribution in [3.05, 3.63) is 58.6 Å². The normalized spacial score (nSPS) is 13.8. The molecule has 1 fully saturated rings. The molecule has 0 bridgehead atoms. The molecule has 2 amide bonds. The van der Waals surface area contributed by atoms with Crippen LogP contribution in [0.15, 0.2) is 48.5 Å². The molecule has 9 heteroatoms. The van der Waals surface area contributed by atoms with E-state index < -0.39 is 10.8 Å². The number of anilines is 2. The van der Waals surface area contributed by atoms with E-state index in [1.54, 1.807) is 12.1 Å². The Morgan fingerprint density at radius 1 is 1.06 bits per heavy atom. The molecule has 1 aliphatic heterocycles. The molecule has 1 N–H and O–H groups in total. The molecule has 0 atom stereocenters. The summed E-state index contributed by atoms with van der Waals surface area (Å²) in [7, 11) is 0. The monoisotopic (exact) mass is 426 g/mol. The van der Waals surface area contributed by atoms with E-state index in [1.165, 1.54) is 18.2 Å². The van der Waals surface area contributed by atoms with Crippen molar-refractivity contribution in [2.24, 2.45) is 5.92 Å². The summed E-state index contributed by atoms with van der Waals surface area (Å²) >= 11 is 0. The van der Waals surface area contributed by atoms with Crippen LogP contribution in [0.25, 0.3) is 0 Å². The highest BCUT2D eigenvalue weighted by molar-refractivity contribution is 5.95. The number of hydrogen-bond donors (Lipinski definition) is 1. The first-order valence-electron chi connectivity index (χ1n) is 10.2. The maximum absolute atomic E-state index is 12.4. The fourth-order valence-corrected chi connectivity index (χ4v) is 3.45. The van der Waals surface area contributed by atoms with E-state index in [4.69, 9.17) is 4.74 Å². The first-order valence-corrected chi connectivity index (χ1v) is 10.2. The van der Waals surface area contributed by atoms with Crippen LogP contribution in [0.1, 0.15) is 13.8 Å². The van der Waals surface area contributed by atoms with Gasteiger partial charge in [0.25, 0.3) is 5.91 Å². The molecule has 2 aromatic carbocycles. The Bertz CT molecular complexity index is 954. The van der Waals surface area contributed by atoms with Gasteiger partial charge < -0.3 is 19.9 Å². The van der Waals surface area contributed by atoms with Gasteiger partial charge in [-0.25, -0.2) is 0 Å². The number of benzene rings is 2. The second-order valence-corrected chi connectivity index (χ2v) is 7.55. The van der Waals surface area contributed by atoms with Crippen molar-refractivity contribution in [1.29, 1.82) is 0 Å². The van der Waals surface area contributed by atoms with Crippen molar-refractivity contribution in [1.82, 2.24) is 4.90 Å². The minimum absolute atomic E-state index is 0.0291. The van der Waals surface area contributed by atoms with E-state index in [0.717, 1.165) is 5.69 Å². The number of hydrogen-bond acceptors (Lipinski definition) is 6. The zero-order valence-electron chi connectivity index (χ0n) is 17.6. The molecule has 0 saturated carbocycles. The average molecular weight is 426 g/mol. The molecule has 0 spiro atoms. The van der Waals surface area contributed by atoms with Gasteiger partial charge in [-0.1, -0.05) is 38.1 Å². The lowest BCUT2D eigenvalue weighted by molar-refractivity contribution is -0.385. The van der Waals surface area contributed by atoms with Gasteiger partial charge in [0.1, 0.15) is 0 Å². The Hall–Kier alpha value is -3.62. The Morgan fingerprint density at radius 2 is 1.71 bits per heavy atom. The van der Waals surface area contributed by atoms with Gasteiger partial charge in [0.2, 0.25) is 5.91 Å². The van der Waals surface area contributed by atoms with Crippen LogP contribution in [0.3, 0.4) is 0 Å². The van der Waals surface area contributed by atoms with E-state index in [-0.39, 0.29) is 29.9 Å². The van der Waals surface area contributed by atoms with Gasteiger partial charge in [-0.2, -0.15) is 0 Å². The van der Waals surface area contributed by atoms with E-state index >= 15 is 0 Å². The summed E-state index contributed by atoms with van der Waals surface area (Å²) in [5.41, 5.74) is 1.30. The van der Waals surface area contributed by atoms with Crippen LogP contribution in [-0.2, 0) is 9.59 Å². The van der Waals surface area contributed by atoms with Crippen molar-refractivity contribution in [2.75, 3.05) is 43.0 Å². The van der Waals surface area contributed by atoms with Crippen LogP contribution in [0.2, 0.25) is 0 Å². The SMILES string of the molecule is CC(C)C(=O)N1CCN(c2ccccc2NC(=O)COc2ccccc2[N+](=O)[O-])CC1. The minimum atomic E-state index is -0.549. The number of nitro groups is 1. The van der Waals surface area contributed by atoms with Gasteiger partial charge in [-0.05, 0) is 18.2 Å². The molecular weight excluding hydrogens is 400 g/mol. The van der Waals surface area contributed by atoms with Crippen molar-refractivity contribution >= 4 is 28.9 Å². The van der Waals surface area contributed by atoms with Gasteiger partial charge in [0.05, 0.1) is 16.3 Å². The molecule has 164 valence electrons. The number of nitro benzene ring substituents is 1. The highest BCUT2D eigenvalue weighted by atomic mass is 16.6. The number of carbonyl (C=O) groups excluding carboxylic acids is 2. The fourth-order valence-electron chi connectivity index (χ4n) is 3.45.